The highest BCUT2D eigenvalue weighted by molar-refractivity contribution is 6.42. The third-order valence-electron chi connectivity index (χ3n) is 3.28. The van der Waals surface area contributed by atoms with Crippen LogP contribution in [0.4, 0.5) is 4.39 Å². The van der Waals surface area contributed by atoms with Gasteiger partial charge in [-0.25, -0.2) is 4.39 Å². The Hall–Kier alpha value is -1.09. The molecule has 0 fully saturated rings. The lowest BCUT2D eigenvalue weighted by atomic mass is 9.85. The van der Waals surface area contributed by atoms with Crippen LogP contribution >= 0.6 is 23.2 Å². The van der Waals surface area contributed by atoms with Crippen LogP contribution in [0.2, 0.25) is 10.0 Å². The molecule has 0 bridgehead atoms. The van der Waals surface area contributed by atoms with Crippen molar-refractivity contribution >= 4 is 23.2 Å². The number of aryl methyl sites for hydroxylation is 1. The van der Waals surface area contributed by atoms with Crippen LogP contribution in [0.1, 0.15) is 23.6 Å². The van der Waals surface area contributed by atoms with E-state index in [1.54, 1.807) is 44.2 Å². The fourth-order valence-corrected chi connectivity index (χ4v) is 2.47. The molecule has 0 aliphatic carbocycles. The summed E-state index contributed by atoms with van der Waals surface area (Å²) < 4.78 is 13.7. The van der Waals surface area contributed by atoms with Crippen molar-refractivity contribution in [3.05, 3.63) is 69.0 Å². The molecular formula is C15H14Cl2FN. The summed E-state index contributed by atoms with van der Waals surface area (Å²) in [6.45, 7) is 3.49. The van der Waals surface area contributed by atoms with Crippen molar-refractivity contribution in [1.29, 1.82) is 0 Å². The summed E-state index contributed by atoms with van der Waals surface area (Å²) in [5.74, 6) is -0.285. The molecule has 0 radical (unpaired) electrons. The quantitative estimate of drug-likeness (QED) is 0.857. The zero-order chi connectivity index (χ0) is 14.2. The average molecular weight is 298 g/mol. The van der Waals surface area contributed by atoms with Gasteiger partial charge in [-0.3, -0.25) is 0 Å². The maximum atomic E-state index is 13.7. The van der Waals surface area contributed by atoms with Gasteiger partial charge in [0, 0.05) is 0 Å². The molecule has 2 aromatic carbocycles. The van der Waals surface area contributed by atoms with E-state index >= 15 is 0 Å². The molecule has 1 atom stereocenters. The van der Waals surface area contributed by atoms with Crippen molar-refractivity contribution in [2.24, 2.45) is 5.73 Å². The van der Waals surface area contributed by atoms with Crippen LogP contribution in [0.5, 0.6) is 0 Å². The average Bonchev–Trinajstić information content (AvgIpc) is 2.35. The molecule has 0 aliphatic heterocycles. The van der Waals surface area contributed by atoms with Crippen LogP contribution in [-0.4, -0.2) is 0 Å². The normalized spacial score (nSPS) is 14.2. The van der Waals surface area contributed by atoms with Crippen molar-refractivity contribution in [2.75, 3.05) is 0 Å². The van der Waals surface area contributed by atoms with Crippen molar-refractivity contribution in [3.63, 3.8) is 0 Å². The van der Waals surface area contributed by atoms with Gasteiger partial charge < -0.3 is 5.73 Å². The summed E-state index contributed by atoms with van der Waals surface area (Å²) in [5, 5.41) is 0.832. The third-order valence-corrected chi connectivity index (χ3v) is 4.10. The first kappa shape index (κ1) is 14.3. The molecule has 0 aliphatic rings. The van der Waals surface area contributed by atoms with Gasteiger partial charge in [0.2, 0.25) is 0 Å². The van der Waals surface area contributed by atoms with E-state index in [1.165, 1.54) is 6.07 Å². The van der Waals surface area contributed by atoms with Crippen LogP contribution in [-0.2, 0) is 5.54 Å². The van der Waals surface area contributed by atoms with Gasteiger partial charge in [-0.05, 0) is 42.7 Å². The number of nitrogens with two attached hydrogens (primary N) is 1. The van der Waals surface area contributed by atoms with Crippen molar-refractivity contribution < 1.29 is 4.39 Å². The Labute approximate surface area is 122 Å². The highest BCUT2D eigenvalue weighted by Crippen LogP contribution is 2.36. The van der Waals surface area contributed by atoms with E-state index < -0.39 is 5.54 Å². The van der Waals surface area contributed by atoms with Crippen molar-refractivity contribution in [1.82, 2.24) is 0 Å². The van der Waals surface area contributed by atoms with Crippen LogP contribution in [0.15, 0.2) is 36.4 Å². The maximum Gasteiger partial charge on any atom is 0.126 e. The summed E-state index contributed by atoms with van der Waals surface area (Å²) in [5.41, 5.74) is 7.34. The summed E-state index contributed by atoms with van der Waals surface area (Å²) in [4.78, 5) is 0. The van der Waals surface area contributed by atoms with Gasteiger partial charge in [0.05, 0.1) is 15.6 Å². The van der Waals surface area contributed by atoms with Crippen molar-refractivity contribution in [2.45, 2.75) is 19.4 Å². The second-order valence-corrected chi connectivity index (χ2v) is 5.55. The number of halogens is 3. The lowest BCUT2D eigenvalue weighted by Crippen LogP contribution is -2.34. The lowest BCUT2D eigenvalue weighted by molar-refractivity contribution is 0.578. The number of hydrogen-bond acceptors (Lipinski definition) is 1. The van der Waals surface area contributed by atoms with Gasteiger partial charge in [-0.1, -0.05) is 47.5 Å². The predicted molar refractivity (Wildman–Crippen MR) is 78.2 cm³/mol. The standard InChI is InChI=1S/C15H14Cl2FN/c1-9-6-7-10(8-13(9)18)15(2,19)11-4-3-5-12(16)14(11)17/h3-8H,19H2,1-2H3. The van der Waals surface area contributed by atoms with Gasteiger partial charge >= 0.3 is 0 Å². The van der Waals surface area contributed by atoms with E-state index in [9.17, 15) is 4.39 Å². The Morgan fingerprint density at radius 3 is 2.47 bits per heavy atom. The Morgan fingerprint density at radius 2 is 1.84 bits per heavy atom. The Kier molecular flexibility index (Phi) is 3.86. The molecular weight excluding hydrogens is 284 g/mol. The van der Waals surface area contributed by atoms with Crippen LogP contribution in [0.25, 0.3) is 0 Å². The molecule has 2 aromatic rings. The summed E-state index contributed by atoms with van der Waals surface area (Å²) in [6.07, 6.45) is 0. The summed E-state index contributed by atoms with van der Waals surface area (Å²) in [7, 11) is 0. The molecule has 19 heavy (non-hydrogen) atoms. The second kappa shape index (κ2) is 5.12. The third kappa shape index (κ3) is 2.62. The van der Waals surface area contributed by atoms with Gasteiger partial charge in [0.1, 0.15) is 5.82 Å². The second-order valence-electron chi connectivity index (χ2n) is 4.77. The topological polar surface area (TPSA) is 26.0 Å². The smallest absolute Gasteiger partial charge is 0.126 e. The van der Waals surface area contributed by atoms with Gasteiger partial charge in [0.25, 0.3) is 0 Å². The van der Waals surface area contributed by atoms with Gasteiger partial charge in [-0.15, -0.1) is 0 Å². The van der Waals surface area contributed by atoms with Crippen LogP contribution in [0.3, 0.4) is 0 Å². The predicted octanol–water partition coefficient (Wildman–Crippen LogP) is 4.66. The van der Waals surface area contributed by atoms with Crippen molar-refractivity contribution in [3.8, 4) is 0 Å². The monoisotopic (exact) mass is 297 g/mol. The first-order valence-electron chi connectivity index (χ1n) is 5.84. The molecule has 0 saturated carbocycles. The molecule has 2 rings (SSSR count). The zero-order valence-electron chi connectivity index (χ0n) is 10.7. The molecule has 2 N–H and O–H groups in total. The van der Waals surface area contributed by atoms with E-state index in [0.717, 1.165) is 0 Å². The highest BCUT2D eigenvalue weighted by atomic mass is 35.5. The first-order valence-corrected chi connectivity index (χ1v) is 6.59. The molecule has 1 unspecified atom stereocenters. The summed E-state index contributed by atoms with van der Waals surface area (Å²) >= 11 is 12.2. The van der Waals surface area contributed by atoms with Crippen LogP contribution in [0, 0.1) is 12.7 Å². The van der Waals surface area contributed by atoms with Gasteiger partial charge in [-0.2, -0.15) is 0 Å². The molecule has 0 amide bonds. The Morgan fingerprint density at radius 1 is 1.16 bits per heavy atom. The molecule has 0 spiro atoms. The summed E-state index contributed by atoms with van der Waals surface area (Å²) in [6, 6.07) is 10.2. The first-order chi connectivity index (χ1) is 8.84. The fraction of sp³-hybridized carbons (Fsp3) is 0.200. The number of rotatable bonds is 2. The van der Waals surface area contributed by atoms with E-state index in [1.807, 2.05) is 0 Å². The van der Waals surface area contributed by atoms with E-state index in [2.05, 4.69) is 0 Å². The molecule has 100 valence electrons. The van der Waals surface area contributed by atoms with E-state index in [-0.39, 0.29) is 5.82 Å². The minimum atomic E-state index is -0.906. The molecule has 1 nitrogen and oxygen atoms in total. The van der Waals surface area contributed by atoms with E-state index in [4.69, 9.17) is 28.9 Å². The lowest BCUT2D eigenvalue weighted by Gasteiger charge is -2.27. The number of benzene rings is 2. The molecule has 4 heteroatoms. The minimum absolute atomic E-state index is 0.285. The number of hydrogen-bond donors (Lipinski definition) is 1. The maximum absolute atomic E-state index is 13.7. The molecule has 0 saturated heterocycles. The van der Waals surface area contributed by atoms with Gasteiger partial charge in [0.15, 0.2) is 0 Å². The Bertz CT molecular complexity index is 624. The SMILES string of the molecule is Cc1ccc(C(C)(N)c2cccc(Cl)c2Cl)cc1F. The minimum Gasteiger partial charge on any atom is -0.318 e. The highest BCUT2D eigenvalue weighted by Gasteiger charge is 2.27. The molecule has 0 aromatic heterocycles. The van der Waals surface area contributed by atoms with Crippen LogP contribution < -0.4 is 5.73 Å². The van der Waals surface area contributed by atoms with E-state index in [0.29, 0.717) is 26.7 Å². The zero-order valence-corrected chi connectivity index (χ0v) is 12.2. The largest absolute Gasteiger partial charge is 0.318 e. The fourth-order valence-electron chi connectivity index (χ4n) is 1.98. The molecule has 0 heterocycles. The Balaban J connectivity index is 2.58.